The van der Waals surface area contributed by atoms with Crippen LogP contribution >= 0.6 is 11.6 Å². The van der Waals surface area contributed by atoms with Gasteiger partial charge in [-0.15, -0.1) is 0 Å². The Balaban J connectivity index is 1.91. The maximum absolute atomic E-state index is 12.4. The highest BCUT2D eigenvalue weighted by Gasteiger charge is 2.19. The van der Waals surface area contributed by atoms with Crippen LogP contribution in [-0.2, 0) is 24.4 Å². The minimum atomic E-state index is -0.167. The molecule has 2 rings (SSSR count). The van der Waals surface area contributed by atoms with Crippen LogP contribution in [0.5, 0.6) is 0 Å². The van der Waals surface area contributed by atoms with Crippen molar-refractivity contribution in [1.29, 1.82) is 0 Å². The van der Waals surface area contributed by atoms with E-state index in [0.717, 1.165) is 12.2 Å². The predicted octanol–water partition coefficient (Wildman–Crippen LogP) is 2.05. The molecule has 0 aliphatic rings. The van der Waals surface area contributed by atoms with E-state index in [1.54, 1.807) is 29.0 Å². The van der Waals surface area contributed by atoms with Crippen molar-refractivity contribution in [1.82, 2.24) is 24.5 Å². The number of carbonyl (C=O) groups is 1. The zero-order chi connectivity index (χ0) is 15.4. The van der Waals surface area contributed by atoms with Gasteiger partial charge in [0.2, 0.25) is 5.91 Å². The normalized spacial score (nSPS) is 12.4. The Labute approximate surface area is 129 Å². The standard InChI is InChI=1S/C14H20ClN5O/c1-4-19-6-5-13(17-19)10-18(3)14(21)11(2)8-20-9-12(15)7-16-20/h5-7,9,11H,4,8,10H2,1-3H3. The third-order valence-electron chi connectivity index (χ3n) is 3.28. The first-order valence-corrected chi connectivity index (χ1v) is 7.32. The summed E-state index contributed by atoms with van der Waals surface area (Å²) in [5.41, 5.74) is 0.891. The van der Waals surface area contributed by atoms with E-state index in [-0.39, 0.29) is 11.8 Å². The minimum Gasteiger partial charge on any atom is -0.339 e. The van der Waals surface area contributed by atoms with Crippen LogP contribution in [0, 0.1) is 5.92 Å². The molecule has 2 aromatic rings. The lowest BCUT2D eigenvalue weighted by Crippen LogP contribution is -2.33. The maximum atomic E-state index is 12.4. The number of carbonyl (C=O) groups excluding carboxylic acids is 1. The molecule has 1 amide bonds. The summed E-state index contributed by atoms with van der Waals surface area (Å²) in [5, 5.41) is 9.06. The Morgan fingerprint density at radius 1 is 1.48 bits per heavy atom. The molecule has 0 saturated heterocycles. The van der Waals surface area contributed by atoms with Crippen molar-refractivity contribution in [2.24, 2.45) is 5.92 Å². The van der Waals surface area contributed by atoms with Crippen LogP contribution in [0.4, 0.5) is 0 Å². The predicted molar refractivity (Wildman–Crippen MR) is 80.8 cm³/mol. The molecule has 0 N–H and O–H groups in total. The number of halogens is 1. The van der Waals surface area contributed by atoms with Crippen molar-refractivity contribution in [3.8, 4) is 0 Å². The van der Waals surface area contributed by atoms with Crippen molar-refractivity contribution in [2.45, 2.75) is 33.5 Å². The van der Waals surface area contributed by atoms with Crippen molar-refractivity contribution in [2.75, 3.05) is 7.05 Å². The Morgan fingerprint density at radius 2 is 2.24 bits per heavy atom. The van der Waals surface area contributed by atoms with Crippen LogP contribution in [-0.4, -0.2) is 37.4 Å². The van der Waals surface area contributed by atoms with E-state index in [1.807, 2.05) is 30.8 Å². The second kappa shape index (κ2) is 6.76. The van der Waals surface area contributed by atoms with E-state index in [0.29, 0.717) is 18.1 Å². The zero-order valence-corrected chi connectivity index (χ0v) is 13.3. The molecule has 0 radical (unpaired) electrons. The molecule has 7 heteroatoms. The van der Waals surface area contributed by atoms with Gasteiger partial charge in [-0.1, -0.05) is 18.5 Å². The Morgan fingerprint density at radius 3 is 2.81 bits per heavy atom. The summed E-state index contributed by atoms with van der Waals surface area (Å²) in [5.74, 6) is -0.105. The largest absolute Gasteiger partial charge is 0.339 e. The van der Waals surface area contributed by atoms with Crippen LogP contribution in [0.2, 0.25) is 5.02 Å². The molecule has 0 aliphatic heterocycles. The van der Waals surface area contributed by atoms with Gasteiger partial charge in [0.25, 0.3) is 0 Å². The SMILES string of the molecule is CCn1ccc(CN(C)C(=O)C(C)Cn2cc(Cl)cn2)n1. The fourth-order valence-corrected chi connectivity index (χ4v) is 2.31. The summed E-state index contributed by atoms with van der Waals surface area (Å²) in [7, 11) is 1.79. The molecule has 21 heavy (non-hydrogen) atoms. The summed E-state index contributed by atoms with van der Waals surface area (Å²) in [6.45, 7) is 5.77. The first-order chi connectivity index (χ1) is 9.99. The summed E-state index contributed by atoms with van der Waals surface area (Å²) in [4.78, 5) is 14.0. The van der Waals surface area contributed by atoms with Gasteiger partial charge < -0.3 is 4.90 Å². The molecule has 0 fully saturated rings. The third-order valence-corrected chi connectivity index (χ3v) is 3.47. The number of amides is 1. The second-order valence-electron chi connectivity index (χ2n) is 5.14. The van der Waals surface area contributed by atoms with Crippen LogP contribution < -0.4 is 0 Å². The summed E-state index contributed by atoms with van der Waals surface area (Å²) < 4.78 is 3.54. The fourth-order valence-electron chi connectivity index (χ4n) is 2.16. The highest BCUT2D eigenvalue weighted by atomic mass is 35.5. The van der Waals surface area contributed by atoms with E-state index in [2.05, 4.69) is 10.2 Å². The fraction of sp³-hybridized carbons (Fsp3) is 0.500. The van der Waals surface area contributed by atoms with Gasteiger partial charge in [0.05, 0.1) is 35.9 Å². The van der Waals surface area contributed by atoms with Gasteiger partial charge in [0, 0.05) is 26.0 Å². The van der Waals surface area contributed by atoms with Gasteiger partial charge in [-0.05, 0) is 13.0 Å². The van der Waals surface area contributed by atoms with Crippen molar-refractivity contribution in [3.05, 3.63) is 35.4 Å². The molecular formula is C14H20ClN5O. The van der Waals surface area contributed by atoms with Gasteiger partial charge in [0.15, 0.2) is 0 Å². The van der Waals surface area contributed by atoms with E-state index < -0.39 is 0 Å². The quantitative estimate of drug-likeness (QED) is 0.820. The van der Waals surface area contributed by atoms with Crippen molar-refractivity contribution >= 4 is 17.5 Å². The molecule has 0 bridgehead atoms. The summed E-state index contributed by atoms with van der Waals surface area (Å²) in [6, 6.07) is 1.94. The molecule has 2 heterocycles. The second-order valence-corrected chi connectivity index (χ2v) is 5.58. The number of nitrogens with zero attached hydrogens (tertiary/aromatic N) is 5. The molecule has 6 nitrogen and oxygen atoms in total. The van der Waals surface area contributed by atoms with Crippen LogP contribution in [0.15, 0.2) is 24.7 Å². The van der Waals surface area contributed by atoms with Crippen LogP contribution in [0.3, 0.4) is 0 Å². The molecule has 0 spiro atoms. The number of hydrogen-bond acceptors (Lipinski definition) is 3. The average Bonchev–Trinajstić information content (AvgIpc) is 3.06. The van der Waals surface area contributed by atoms with Gasteiger partial charge in [-0.2, -0.15) is 10.2 Å². The molecule has 114 valence electrons. The number of hydrogen-bond donors (Lipinski definition) is 0. The van der Waals surface area contributed by atoms with E-state index >= 15 is 0 Å². The number of rotatable bonds is 6. The van der Waals surface area contributed by atoms with Gasteiger partial charge in [0.1, 0.15) is 0 Å². The number of aryl methyl sites for hydroxylation is 1. The summed E-state index contributed by atoms with van der Waals surface area (Å²) >= 11 is 5.82. The maximum Gasteiger partial charge on any atom is 0.227 e. The molecule has 0 aromatic carbocycles. The van der Waals surface area contributed by atoms with E-state index in [1.165, 1.54) is 0 Å². The summed E-state index contributed by atoms with van der Waals surface area (Å²) in [6.07, 6.45) is 5.21. The topological polar surface area (TPSA) is 56.0 Å². The first kappa shape index (κ1) is 15.6. The van der Waals surface area contributed by atoms with Crippen molar-refractivity contribution in [3.63, 3.8) is 0 Å². The van der Waals surface area contributed by atoms with Gasteiger partial charge in [-0.3, -0.25) is 14.2 Å². The Hall–Kier alpha value is -1.82. The zero-order valence-electron chi connectivity index (χ0n) is 12.5. The van der Waals surface area contributed by atoms with E-state index in [4.69, 9.17) is 11.6 Å². The van der Waals surface area contributed by atoms with E-state index in [9.17, 15) is 4.79 Å². The average molecular weight is 310 g/mol. The highest BCUT2D eigenvalue weighted by molar-refractivity contribution is 6.30. The smallest absolute Gasteiger partial charge is 0.227 e. The molecule has 1 unspecified atom stereocenters. The molecule has 1 atom stereocenters. The molecule has 0 aliphatic carbocycles. The monoisotopic (exact) mass is 309 g/mol. The molecule has 2 aromatic heterocycles. The molecule has 0 saturated carbocycles. The third kappa shape index (κ3) is 4.07. The van der Waals surface area contributed by atoms with Crippen LogP contribution in [0.1, 0.15) is 19.5 Å². The van der Waals surface area contributed by atoms with Gasteiger partial charge >= 0.3 is 0 Å². The first-order valence-electron chi connectivity index (χ1n) is 6.95. The lowest BCUT2D eigenvalue weighted by Gasteiger charge is -2.20. The van der Waals surface area contributed by atoms with Gasteiger partial charge in [-0.25, -0.2) is 0 Å². The Bertz CT molecular complexity index is 606. The molecular weight excluding hydrogens is 290 g/mol. The van der Waals surface area contributed by atoms with Crippen molar-refractivity contribution < 1.29 is 4.79 Å². The Kier molecular flexibility index (Phi) is 5.01. The lowest BCUT2D eigenvalue weighted by atomic mass is 10.1. The van der Waals surface area contributed by atoms with Crippen LogP contribution in [0.25, 0.3) is 0 Å². The highest BCUT2D eigenvalue weighted by Crippen LogP contribution is 2.10. The lowest BCUT2D eigenvalue weighted by molar-refractivity contribution is -0.134. The number of aromatic nitrogens is 4. The minimum absolute atomic E-state index is 0.0627.